The van der Waals surface area contributed by atoms with Gasteiger partial charge in [0.05, 0.1) is 23.5 Å². The number of ether oxygens (including phenoxy) is 1. The van der Waals surface area contributed by atoms with Gasteiger partial charge in [-0.1, -0.05) is 23.5 Å². The van der Waals surface area contributed by atoms with Crippen LogP contribution in [-0.2, 0) is 4.79 Å². The van der Waals surface area contributed by atoms with Crippen LogP contribution < -0.4 is 9.75 Å². The third-order valence-corrected chi connectivity index (χ3v) is 4.21. The number of carbonyl (C=O) groups is 1. The molecule has 6 heteroatoms. The lowest BCUT2D eigenvalue weighted by atomic mass is 10.2. The second kappa shape index (κ2) is 6.58. The highest BCUT2D eigenvalue weighted by atomic mass is 32.1. The van der Waals surface area contributed by atoms with Crippen molar-refractivity contribution in [3.8, 4) is 5.75 Å². The van der Waals surface area contributed by atoms with E-state index in [1.807, 2.05) is 48.5 Å². The van der Waals surface area contributed by atoms with E-state index in [0.29, 0.717) is 5.13 Å². The second-order valence-electron chi connectivity index (χ2n) is 4.81. The first kappa shape index (κ1) is 15.2. The molecule has 1 amide bonds. The normalized spacial score (nSPS) is 11.0. The van der Waals surface area contributed by atoms with Gasteiger partial charge in [0, 0.05) is 6.92 Å². The van der Waals surface area contributed by atoms with Crippen molar-refractivity contribution in [3.05, 3.63) is 54.1 Å². The topological polar surface area (TPSA) is 54.8 Å². The molecular weight excluding hydrogens is 310 g/mol. The summed E-state index contributed by atoms with van der Waals surface area (Å²) in [5.41, 5.74) is 1.73. The molecule has 1 aromatic heterocycles. The van der Waals surface area contributed by atoms with Gasteiger partial charge in [0.15, 0.2) is 0 Å². The molecule has 0 fully saturated rings. The van der Waals surface area contributed by atoms with Gasteiger partial charge in [-0.05, 0) is 42.0 Å². The van der Waals surface area contributed by atoms with Crippen LogP contribution in [0.15, 0.2) is 53.6 Å². The molecule has 0 spiro atoms. The summed E-state index contributed by atoms with van der Waals surface area (Å²) < 4.78 is 6.14. The highest BCUT2D eigenvalue weighted by Gasteiger charge is 2.15. The van der Waals surface area contributed by atoms with Gasteiger partial charge in [-0.2, -0.15) is 10.1 Å². The maximum absolute atomic E-state index is 11.9. The third kappa shape index (κ3) is 3.37. The molecule has 0 bridgehead atoms. The van der Waals surface area contributed by atoms with Crippen LogP contribution in [-0.4, -0.2) is 24.2 Å². The molecule has 3 aromatic rings. The standard InChI is InChI=1S/C17H15N3O2S/c1-12(21)20(17-19-15-5-3-4-6-16(15)23-17)18-11-13-7-9-14(22-2)10-8-13/h3-11H,1-2H3/b18-11-. The van der Waals surface area contributed by atoms with Crippen molar-refractivity contribution < 1.29 is 9.53 Å². The van der Waals surface area contributed by atoms with Crippen LogP contribution in [0.5, 0.6) is 5.75 Å². The summed E-state index contributed by atoms with van der Waals surface area (Å²) in [5, 5.41) is 6.15. The minimum absolute atomic E-state index is 0.186. The highest BCUT2D eigenvalue weighted by Crippen LogP contribution is 2.28. The van der Waals surface area contributed by atoms with Crippen LogP contribution in [0, 0.1) is 0 Å². The average Bonchev–Trinajstić information content (AvgIpc) is 2.99. The molecule has 1 heterocycles. The fourth-order valence-corrected chi connectivity index (χ4v) is 3.00. The summed E-state index contributed by atoms with van der Waals surface area (Å²) in [7, 11) is 1.62. The molecule has 0 unspecified atom stereocenters. The van der Waals surface area contributed by atoms with Crippen LogP contribution in [0.25, 0.3) is 10.2 Å². The number of aromatic nitrogens is 1. The maximum Gasteiger partial charge on any atom is 0.246 e. The van der Waals surface area contributed by atoms with Crippen LogP contribution in [0.4, 0.5) is 5.13 Å². The average molecular weight is 325 g/mol. The molecule has 2 aromatic carbocycles. The summed E-state index contributed by atoms with van der Waals surface area (Å²) in [6.07, 6.45) is 1.63. The Bertz CT molecular complexity index is 823. The summed E-state index contributed by atoms with van der Waals surface area (Å²) in [5.74, 6) is 0.588. The Kier molecular flexibility index (Phi) is 4.34. The van der Waals surface area contributed by atoms with Crippen LogP contribution >= 0.6 is 11.3 Å². The number of fused-ring (bicyclic) bond motifs is 1. The van der Waals surface area contributed by atoms with Gasteiger partial charge >= 0.3 is 0 Å². The Labute approximate surface area is 137 Å². The Hall–Kier alpha value is -2.73. The van der Waals surface area contributed by atoms with Crippen molar-refractivity contribution in [2.75, 3.05) is 12.1 Å². The molecular formula is C17H15N3O2S. The number of hydrogen-bond donors (Lipinski definition) is 0. The molecule has 3 rings (SSSR count). The second-order valence-corrected chi connectivity index (χ2v) is 5.82. The Balaban J connectivity index is 1.88. The fourth-order valence-electron chi connectivity index (χ4n) is 2.03. The lowest BCUT2D eigenvalue weighted by molar-refractivity contribution is -0.116. The van der Waals surface area contributed by atoms with Gasteiger partial charge in [0.2, 0.25) is 11.0 Å². The van der Waals surface area contributed by atoms with E-state index in [9.17, 15) is 4.79 Å². The Morgan fingerprint density at radius 2 is 1.96 bits per heavy atom. The maximum atomic E-state index is 11.9. The highest BCUT2D eigenvalue weighted by molar-refractivity contribution is 7.22. The minimum Gasteiger partial charge on any atom is -0.497 e. The number of hydrogen-bond acceptors (Lipinski definition) is 5. The molecule has 5 nitrogen and oxygen atoms in total. The predicted octanol–water partition coefficient (Wildman–Crippen LogP) is 3.69. The lowest BCUT2D eigenvalue weighted by Crippen LogP contribution is -2.22. The summed E-state index contributed by atoms with van der Waals surface area (Å²) in [4.78, 5) is 16.4. The molecule has 0 atom stereocenters. The zero-order valence-electron chi connectivity index (χ0n) is 12.8. The van der Waals surface area contributed by atoms with Crippen molar-refractivity contribution in [1.82, 2.24) is 4.98 Å². The number of anilines is 1. The zero-order chi connectivity index (χ0) is 16.2. The Morgan fingerprint density at radius 3 is 2.61 bits per heavy atom. The number of thiazole rings is 1. The molecule has 0 aliphatic heterocycles. The van der Waals surface area contributed by atoms with E-state index in [0.717, 1.165) is 21.5 Å². The van der Waals surface area contributed by atoms with Gasteiger partial charge in [-0.3, -0.25) is 4.79 Å². The smallest absolute Gasteiger partial charge is 0.246 e. The van der Waals surface area contributed by atoms with Crippen molar-refractivity contribution in [3.63, 3.8) is 0 Å². The summed E-state index contributed by atoms with van der Waals surface area (Å²) in [6.45, 7) is 1.47. The van der Waals surface area contributed by atoms with E-state index in [2.05, 4.69) is 10.1 Å². The van der Waals surface area contributed by atoms with E-state index in [-0.39, 0.29) is 5.91 Å². The van der Waals surface area contributed by atoms with Gasteiger partial charge in [0.1, 0.15) is 5.75 Å². The van der Waals surface area contributed by atoms with E-state index in [1.54, 1.807) is 13.3 Å². The number of carbonyl (C=O) groups excluding carboxylic acids is 1. The SMILES string of the molecule is COc1ccc(/C=N\N(C(C)=O)c2nc3ccccc3s2)cc1. The van der Waals surface area contributed by atoms with Gasteiger partial charge in [0.25, 0.3) is 0 Å². The van der Waals surface area contributed by atoms with E-state index in [1.165, 1.54) is 23.3 Å². The van der Waals surface area contributed by atoms with Crippen LogP contribution in [0.1, 0.15) is 12.5 Å². The van der Waals surface area contributed by atoms with Crippen molar-refractivity contribution in [2.24, 2.45) is 5.10 Å². The zero-order valence-corrected chi connectivity index (χ0v) is 13.6. The van der Waals surface area contributed by atoms with Gasteiger partial charge in [-0.25, -0.2) is 4.98 Å². The molecule has 0 aliphatic carbocycles. The molecule has 0 saturated heterocycles. The number of methoxy groups -OCH3 is 1. The van der Waals surface area contributed by atoms with E-state index >= 15 is 0 Å². The summed E-state index contributed by atoms with van der Waals surface area (Å²) in [6, 6.07) is 15.2. The first-order chi connectivity index (χ1) is 11.2. The first-order valence-electron chi connectivity index (χ1n) is 7.01. The number of rotatable bonds is 4. The van der Waals surface area contributed by atoms with E-state index in [4.69, 9.17) is 4.74 Å². The number of hydrazone groups is 1. The van der Waals surface area contributed by atoms with Gasteiger partial charge in [-0.15, -0.1) is 0 Å². The quantitative estimate of drug-likeness (QED) is 0.543. The van der Waals surface area contributed by atoms with Crippen LogP contribution in [0.2, 0.25) is 0 Å². The number of benzene rings is 2. The molecule has 116 valence electrons. The van der Waals surface area contributed by atoms with Crippen molar-refractivity contribution in [2.45, 2.75) is 6.92 Å². The molecule has 23 heavy (non-hydrogen) atoms. The third-order valence-electron chi connectivity index (χ3n) is 3.20. The largest absolute Gasteiger partial charge is 0.497 e. The van der Waals surface area contributed by atoms with E-state index < -0.39 is 0 Å². The Morgan fingerprint density at radius 1 is 1.22 bits per heavy atom. The first-order valence-corrected chi connectivity index (χ1v) is 7.83. The van der Waals surface area contributed by atoms with Crippen LogP contribution in [0.3, 0.4) is 0 Å². The molecule has 0 radical (unpaired) electrons. The fraction of sp³-hybridized carbons (Fsp3) is 0.118. The monoisotopic (exact) mass is 325 g/mol. The van der Waals surface area contributed by atoms with Crippen molar-refractivity contribution >= 4 is 38.8 Å². The summed E-state index contributed by atoms with van der Waals surface area (Å²) >= 11 is 1.44. The van der Waals surface area contributed by atoms with Gasteiger partial charge < -0.3 is 4.74 Å². The minimum atomic E-state index is -0.186. The molecule has 0 N–H and O–H groups in total. The predicted molar refractivity (Wildman–Crippen MR) is 93.4 cm³/mol. The number of amides is 1. The molecule has 0 saturated carbocycles. The van der Waals surface area contributed by atoms with Crippen molar-refractivity contribution in [1.29, 1.82) is 0 Å². The number of nitrogens with zero attached hydrogens (tertiary/aromatic N) is 3. The number of para-hydroxylation sites is 1. The lowest BCUT2D eigenvalue weighted by Gasteiger charge is -2.10. The molecule has 0 aliphatic rings.